The maximum absolute atomic E-state index is 12.1. The van der Waals surface area contributed by atoms with Crippen LogP contribution in [0.4, 0.5) is 4.79 Å². The molecule has 1 amide bonds. The second-order valence-electron chi connectivity index (χ2n) is 7.89. The van der Waals surface area contributed by atoms with Gasteiger partial charge in [0.05, 0.1) is 5.60 Å². The Kier molecular flexibility index (Phi) is 7.17. The predicted molar refractivity (Wildman–Crippen MR) is 90.1 cm³/mol. The number of carbonyl (C=O) groups excluding carboxylic acids is 1. The second kappa shape index (κ2) is 8.19. The number of likely N-dealkylation sites (tertiary alicyclic amines) is 1. The molecule has 0 spiro atoms. The molecular formula is C18H35NO3. The van der Waals surface area contributed by atoms with Crippen molar-refractivity contribution < 1.29 is 14.3 Å². The Balaban J connectivity index is 2.41. The van der Waals surface area contributed by atoms with Crippen molar-refractivity contribution in [3.63, 3.8) is 0 Å². The minimum absolute atomic E-state index is 0.0461. The lowest BCUT2D eigenvalue weighted by atomic mass is 9.88. The zero-order chi connectivity index (χ0) is 16.8. The van der Waals surface area contributed by atoms with E-state index in [1.165, 1.54) is 6.42 Å². The van der Waals surface area contributed by atoms with Gasteiger partial charge in [0.1, 0.15) is 5.60 Å². The predicted octanol–water partition coefficient (Wildman–Crippen LogP) is 4.62. The monoisotopic (exact) mass is 313 g/mol. The van der Waals surface area contributed by atoms with Crippen LogP contribution < -0.4 is 0 Å². The second-order valence-corrected chi connectivity index (χ2v) is 7.89. The van der Waals surface area contributed by atoms with Crippen molar-refractivity contribution in [3.8, 4) is 0 Å². The van der Waals surface area contributed by atoms with Crippen molar-refractivity contribution in [2.75, 3.05) is 19.7 Å². The fourth-order valence-corrected chi connectivity index (χ4v) is 2.80. The Hall–Kier alpha value is -0.770. The van der Waals surface area contributed by atoms with Gasteiger partial charge < -0.3 is 14.4 Å². The maximum atomic E-state index is 12.1. The zero-order valence-electron chi connectivity index (χ0n) is 15.4. The van der Waals surface area contributed by atoms with Gasteiger partial charge in [-0.1, -0.05) is 20.8 Å². The summed E-state index contributed by atoms with van der Waals surface area (Å²) in [5.41, 5.74) is -0.473. The molecule has 4 nitrogen and oxygen atoms in total. The van der Waals surface area contributed by atoms with Crippen molar-refractivity contribution in [2.45, 2.75) is 84.8 Å². The summed E-state index contributed by atoms with van der Waals surface area (Å²) >= 11 is 0. The zero-order valence-corrected chi connectivity index (χ0v) is 15.4. The van der Waals surface area contributed by atoms with Crippen molar-refractivity contribution in [1.82, 2.24) is 4.90 Å². The molecule has 22 heavy (non-hydrogen) atoms. The van der Waals surface area contributed by atoms with Gasteiger partial charge in [-0.2, -0.15) is 0 Å². The van der Waals surface area contributed by atoms with E-state index in [1.807, 2.05) is 25.7 Å². The fourth-order valence-electron chi connectivity index (χ4n) is 2.80. The van der Waals surface area contributed by atoms with Gasteiger partial charge in [-0.05, 0) is 58.8 Å². The number of hydrogen-bond donors (Lipinski definition) is 0. The molecule has 0 atom stereocenters. The molecule has 4 heteroatoms. The number of carbonyl (C=O) groups is 1. The van der Waals surface area contributed by atoms with Gasteiger partial charge in [-0.15, -0.1) is 0 Å². The van der Waals surface area contributed by atoms with Crippen LogP contribution in [0, 0.1) is 5.92 Å². The van der Waals surface area contributed by atoms with E-state index < -0.39 is 5.60 Å². The normalized spacial score (nSPS) is 18.6. The summed E-state index contributed by atoms with van der Waals surface area (Å²) in [6, 6.07) is 0. The molecule has 0 aromatic carbocycles. The smallest absolute Gasteiger partial charge is 0.410 e. The third-order valence-corrected chi connectivity index (χ3v) is 4.30. The molecule has 1 aliphatic rings. The number of piperidine rings is 1. The van der Waals surface area contributed by atoms with Gasteiger partial charge >= 0.3 is 6.09 Å². The summed E-state index contributed by atoms with van der Waals surface area (Å²) in [7, 11) is 0. The van der Waals surface area contributed by atoms with E-state index in [-0.39, 0.29) is 11.7 Å². The first-order chi connectivity index (χ1) is 10.2. The molecule has 0 saturated carbocycles. The third-order valence-electron chi connectivity index (χ3n) is 4.30. The molecular weight excluding hydrogens is 278 g/mol. The van der Waals surface area contributed by atoms with Crippen molar-refractivity contribution in [2.24, 2.45) is 5.92 Å². The van der Waals surface area contributed by atoms with Gasteiger partial charge in [0.2, 0.25) is 0 Å². The summed E-state index contributed by atoms with van der Waals surface area (Å²) in [6.45, 7) is 14.7. The van der Waals surface area contributed by atoms with Crippen LogP contribution in [0.2, 0.25) is 0 Å². The highest BCUT2D eigenvalue weighted by atomic mass is 16.6. The third kappa shape index (κ3) is 6.55. The van der Waals surface area contributed by atoms with Gasteiger partial charge in [0.15, 0.2) is 0 Å². The highest BCUT2D eigenvalue weighted by Crippen LogP contribution is 2.30. The van der Waals surface area contributed by atoms with Crippen LogP contribution in [-0.4, -0.2) is 41.9 Å². The van der Waals surface area contributed by atoms with Gasteiger partial charge in [-0.25, -0.2) is 4.79 Å². The lowest BCUT2D eigenvalue weighted by Gasteiger charge is -2.41. The molecule has 0 aromatic heterocycles. The van der Waals surface area contributed by atoms with E-state index in [0.29, 0.717) is 0 Å². The summed E-state index contributed by atoms with van der Waals surface area (Å²) in [4.78, 5) is 13.9. The molecule has 0 radical (unpaired) electrons. The SMILES string of the molecule is CCC1(OCCCC(C)C)CCN(C(=O)OC(C)(C)C)CC1. The van der Waals surface area contributed by atoms with Gasteiger partial charge in [0.25, 0.3) is 0 Å². The van der Waals surface area contributed by atoms with Crippen LogP contribution in [0.5, 0.6) is 0 Å². The van der Waals surface area contributed by atoms with Crippen molar-refractivity contribution in [1.29, 1.82) is 0 Å². The Morgan fingerprint density at radius 1 is 1.23 bits per heavy atom. The van der Waals surface area contributed by atoms with Crippen LogP contribution in [0.25, 0.3) is 0 Å². The van der Waals surface area contributed by atoms with Crippen molar-refractivity contribution >= 4 is 6.09 Å². The van der Waals surface area contributed by atoms with E-state index in [9.17, 15) is 4.79 Å². The Morgan fingerprint density at radius 2 is 1.82 bits per heavy atom. The van der Waals surface area contributed by atoms with Crippen molar-refractivity contribution in [3.05, 3.63) is 0 Å². The number of hydrogen-bond acceptors (Lipinski definition) is 3. The van der Waals surface area contributed by atoms with Crippen LogP contribution in [0.1, 0.15) is 73.6 Å². The lowest BCUT2D eigenvalue weighted by Crippen LogP contribution is -2.49. The molecule has 0 aromatic rings. The van der Waals surface area contributed by atoms with Crippen LogP contribution in [0.3, 0.4) is 0 Å². The van der Waals surface area contributed by atoms with E-state index in [2.05, 4.69) is 20.8 Å². The van der Waals surface area contributed by atoms with E-state index in [1.54, 1.807) is 0 Å². The summed E-state index contributed by atoms with van der Waals surface area (Å²) in [5.74, 6) is 0.732. The average Bonchev–Trinajstić information content (AvgIpc) is 2.42. The van der Waals surface area contributed by atoms with Crippen LogP contribution >= 0.6 is 0 Å². The molecule has 130 valence electrons. The molecule has 0 bridgehead atoms. The standard InChI is InChI=1S/C18H35NO3/c1-7-18(21-14-8-9-15(2)3)10-12-19(13-11-18)16(20)22-17(4,5)6/h15H,7-14H2,1-6H3. The molecule has 1 fully saturated rings. The summed E-state index contributed by atoms with van der Waals surface area (Å²) < 4.78 is 11.7. The average molecular weight is 313 g/mol. The molecule has 1 saturated heterocycles. The highest BCUT2D eigenvalue weighted by molar-refractivity contribution is 5.68. The molecule has 0 unspecified atom stereocenters. The first-order valence-corrected chi connectivity index (χ1v) is 8.79. The fraction of sp³-hybridized carbons (Fsp3) is 0.944. The van der Waals surface area contributed by atoms with E-state index >= 15 is 0 Å². The molecule has 1 rings (SSSR count). The Morgan fingerprint density at radius 3 is 2.27 bits per heavy atom. The summed E-state index contributed by atoms with van der Waals surface area (Å²) in [6.07, 6.45) is 4.96. The molecule has 0 aliphatic carbocycles. The number of nitrogens with zero attached hydrogens (tertiary/aromatic N) is 1. The molecule has 1 aliphatic heterocycles. The van der Waals surface area contributed by atoms with Crippen LogP contribution in [-0.2, 0) is 9.47 Å². The van der Waals surface area contributed by atoms with E-state index in [0.717, 1.165) is 51.3 Å². The Labute approximate surface area is 136 Å². The Bertz CT molecular complexity index is 339. The summed E-state index contributed by atoms with van der Waals surface area (Å²) in [5, 5.41) is 0. The first kappa shape index (κ1) is 19.3. The minimum atomic E-state index is -0.427. The van der Waals surface area contributed by atoms with E-state index in [4.69, 9.17) is 9.47 Å². The highest BCUT2D eigenvalue weighted by Gasteiger charge is 2.36. The number of ether oxygens (including phenoxy) is 2. The molecule has 1 heterocycles. The minimum Gasteiger partial charge on any atom is -0.444 e. The maximum Gasteiger partial charge on any atom is 0.410 e. The van der Waals surface area contributed by atoms with Crippen LogP contribution in [0.15, 0.2) is 0 Å². The molecule has 0 N–H and O–H groups in total. The largest absolute Gasteiger partial charge is 0.444 e. The quantitative estimate of drug-likeness (QED) is 0.672. The number of rotatable bonds is 6. The first-order valence-electron chi connectivity index (χ1n) is 8.79. The van der Waals surface area contributed by atoms with Gasteiger partial charge in [0, 0.05) is 19.7 Å². The number of amides is 1. The lowest BCUT2D eigenvalue weighted by molar-refractivity contribution is -0.0880. The topological polar surface area (TPSA) is 38.8 Å². The van der Waals surface area contributed by atoms with Gasteiger partial charge in [-0.3, -0.25) is 0 Å².